The Morgan fingerprint density at radius 3 is 2.47 bits per heavy atom. The molecule has 0 aliphatic rings. The first kappa shape index (κ1) is 11.8. The minimum atomic E-state index is 0.973. The summed E-state index contributed by atoms with van der Waals surface area (Å²) in [5.41, 5.74) is 3.72. The Hall–Kier alpha value is -1.24. The maximum absolute atomic E-state index is 5.86. The highest BCUT2D eigenvalue weighted by atomic mass is 16.5. The summed E-state index contributed by atoms with van der Waals surface area (Å²) in [6.07, 6.45) is 1.04. The zero-order valence-electron chi connectivity index (χ0n) is 10.3. The SMILES string of the molecule is CCC(C)=C(C)Oc1cc(C)ccc1C. The van der Waals surface area contributed by atoms with Gasteiger partial charge in [-0.05, 0) is 56.9 Å². The molecule has 1 heteroatoms. The van der Waals surface area contributed by atoms with Crippen LogP contribution >= 0.6 is 0 Å². The predicted octanol–water partition coefficient (Wildman–Crippen LogP) is 4.39. The van der Waals surface area contributed by atoms with E-state index in [4.69, 9.17) is 4.74 Å². The van der Waals surface area contributed by atoms with E-state index in [1.54, 1.807) is 0 Å². The van der Waals surface area contributed by atoms with Gasteiger partial charge in [-0.1, -0.05) is 19.1 Å². The van der Waals surface area contributed by atoms with Crippen molar-refractivity contribution in [1.29, 1.82) is 0 Å². The van der Waals surface area contributed by atoms with Crippen LogP contribution in [-0.2, 0) is 0 Å². The standard InChI is InChI=1S/C14H20O/c1-6-11(3)13(5)15-14-9-10(2)7-8-12(14)4/h7-9H,6H2,1-5H3. The molecule has 0 fully saturated rings. The third-order valence-corrected chi connectivity index (χ3v) is 2.74. The van der Waals surface area contributed by atoms with E-state index in [0.717, 1.165) is 17.9 Å². The van der Waals surface area contributed by atoms with Gasteiger partial charge in [-0.2, -0.15) is 0 Å². The van der Waals surface area contributed by atoms with Crippen molar-refractivity contribution in [2.45, 2.75) is 41.0 Å². The van der Waals surface area contributed by atoms with E-state index in [1.807, 2.05) is 6.92 Å². The number of benzene rings is 1. The van der Waals surface area contributed by atoms with Crippen LogP contribution in [0.15, 0.2) is 29.5 Å². The lowest BCUT2D eigenvalue weighted by molar-refractivity contribution is 0.416. The Balaban J connectivity index is 2.94. The van der Waals surface area contributed by atoms with E-state index in [2.05, 4.69) is 45.9 Å². The van der Waals surface area contributed by atoms with Gasteiger partial charge in [-0.25, -0.2) is 0 Å². The first-order valence-corrected chi connectivity index (χ1v) is 5.46. The zero-order chi connectivity index (χ0) is 11.4. The zero-order valence-corrected chi connectivity index (χ0v) is 10.3. The fraction of sp³-hybridized carbons (Fsp3) is 0.429. The van der Waals surface area contributed by atoms with E-state index >= 15 is 0 Å². The van der Waals surface area contributed by atoms with Crippen LogP contribution in [0.25, 0.3) is 0 Å². The van der Waals surface area contributed by atoms with Crippen molar-refractivity contribution >= 4 is 0 Å². The molecule has 0 bridgehead atoms. The van der Waals surface area contributed by atoms with E-state index in [-0.39, 0.29) is 0 Å². The molecular formula is C14H20O. The largest absolute Gasteiger partial charge is 0.462 e. The average Bonchev–Trinajstić information content (AvgIpc) is 2.22. The highest BCUT2D eigenvalue weighted by Crippen LogP contribution is 2.22. The quantitative estimate of drug-likeness (QED) is 0.664. The van der Waals surface area contributed by atoms with Crippen LogP contribution < -0.4 is 4.74 Å². The lowest BCUT2D eigenvalue weighted by Gasteiger charge is -2.11. The molecule has 0 saturated heterocycles. The summed E-state index contributed by atoms with van der Waals surface area (Å²) in [6, 6.07) is 6.29. The lowest BCUT2D eigenvalue weighted by atomic mass is 10.1. The van der Waals surface area contributed by atoms with Gasteiger partial charge in [-0.15, -0.1) is 0 Å². The number of aryl methyl sites for hydroxylation is 2. The van der Waals surface area contributed by atoms with Crippen LogP contribution in [0.2, 0.25) is 0 Å². The molecule has 1 nitrogen and oxygen atoms in total. The summed E-state index contributed by atoms with van der Waals surface area (Å²) >= 11 is 0. The predicted molar refractivity (Wildman–Crippen MR) is 65.2 cm³/mol. The van der Waals surface area contributed by atoms with Crippen LogP contribution in [0.4, 0.5) is 0 Å². The van der Waals surface area contributed by atoms with Gasteiger partial charge in [0.25, 0.3) is 0 Å². The summed E-state index contributed by atoms with van der Waals surface area (Å²) in [5, 5.41) is 0. The lowest BCUT2D eigenvalue weighted by Crippen LogP contribution is -1.96. The molecule has 0 saturated carbocycles. The second-order valence-electron chi connectivity index (χ2n) is 4.06. The van der Waals surface area contributed by atoms with Crippen molar-refractivity contribution in [2.24, 2.45) is 0 Å². The minimum absolute atomic E-state index is 0.973. The molecule has 0 spiro atoms. The fourth-order valence-corrected chi connectivity index (χ4v) is 1.32. The highest BCUT2D eigenvalue weighted by molar-refractivity contribution is 5.37. The van der Waals surface area contributed by atoms with E-state index < -0.39 is 0 Å². The first-order valence-electron chi connectivity index (χ1n) is 5.46. The second kappa shape index (κ2) is 5.01. The van der Waals surface area contributed by atoms with Crippen LogP contribution in [0.1, 0.15) is 38.3 Å². The van der Waals surface area contributed by atoms with E-state index in [1.165, 1.54) is 16.7 Å². The summed E-state index contributed by atoms with van der Waals surface area (Å²) < 4.78 is 5.86. The number of allylic oxidation sites excluding steroid dienone is 2. The van der Waals surface area contributed by atoms with Gasteiger partial charge in [-0.3, -0.25) is 0 Å². The van der Waals surface area contributed by atoms with Crippen molar-refractivity contribution in [3.05, 3.63) is 40.7 Å². The normalized spacial score (nSPS) is 12.3. The smallest absolute Gasteiger partial charge is 0.130 e. The number of hydrogen-bond acceptors (Lipinski definition) is 1. The fourth-order valence-electron chi connectivity index (χ4n) is 1.32. The molecule has 0 radical (unpaired) electrons. The van der Waals surface area contributed by atoms with Gasteiger partial charge in [0.2, 0.25) is 0 Å². The summed E-state index contributed by atoms with van der Waals surface area (Å²) in [5.74, 6) is 1.99. The topological polar surface area (TPSA) is 9.23 Å². The molecule has 0 unspecified atom stereocenters. The summed E-state index contributed by atoms with van der Waals surface area (Å²) in [7, 11) is 0. The molecule has 82 valence electrons. The third kappa shape index (κ3) is 3.12. The molecule has 15 heavy (non-hydrogen) atoms. The average molecular weight is 204 g/mol. The molecule has 0 atom stereocenters. The maximum atomic E-state index is 5.86. The minimum Gasteiger partial charge on any atom is -0.462 e. The van der Waals surface area contributed by atoms with Gasteiger partial charge < -0.3 is 4.74 Å². The van der Waals surface area contributed by atoms with Crippen LogP contribution in [0, 0.1) is 13.8 Å². The molecule has 1 aromatic rings. The third-order valence-electron chi connectivity index (χ3n) is 2.74. The van der Waals surface area contributed by atoms with Gasteiger partial charge in [0, 0.05) is 0 Å². The molecule has 0 N–H and O–H groups in total. The van der Waals surface area contributed by atoms with Gasteiger partial charge in [0.1, 0.15) is 5.75 Å². The number of hydrogen-bond donors (Lipinski definition) is 0. The monoisotopic (exact) mass is 204 g/mol. The molecule has 0 aliphatic carbocycles. The number of ether oxygens (including phenoxy) is 1. The van der Waals surface area contributed by atoms with E-state index in [9.17, 15) is 0 Å². The Morgan fingerprint density at radius 1 is 1.20 bits per heavy atom. The molecule has 0 aliphatic heterocycles. The summed E-state index contributed by atoms with van der Waals surface area (Å²) in [4.78, 5) is 0. The first-order chi connectivity index (χ1) is 7.04. The molecule has 0 aromatic heterocycles. The van der Waals surface area contributed by atoms with Gasteiger partial charge in [0.15, 0.2) is 0 Å². The van der Waals surface area contributed by atoms with Crippen LogP contribution in [-0.4, -0.2) is 0 Å². The highest BCUT2D eigenvalue weighted by Gasteiger charge is 2.02. The van der Waals surface area contributed by atoms with Crippen molar-refractivity contribution in [3.8, 4) is 5.75 Å². The molecular weight excluding hydrogens is 184 g/mol. The second-order valence-corrected chi connectivity index (χ2v) is 4.06. The van der Waals surface area contributed by atoms with Crippen LogP contribution in [0.5, 0.6) is 5.75 Å². The molecule has 0 amide bonds. The van der Waals surface area contributed by atoms with Crippen molar-refractivity contribution in [1.82, 2.24) is 0 Å². The Labute approximate surface area is 92.8 Å². The van der Waals surface area contributed by atoms with Crippen molar-refractivity contribution in [3.63, 3.8) is 0 Å². The Morgan fingerprint density at radius 2 is 1.87 bits per heavy atom. The Kier molecular flexibility index (Phi) is 3.96. The Bertz CT molecular complexity index is 375. The molecule has 0 heterocycles. The van der Waals surface area contributed by atoms with Crippen molar-refractivity contribution < 1.29 is 4.74 Å². The van der Waals surface area contributed by atoms with Gasteiger partial charge in [0.05, 0.1) is 5.76 Å². The maximum Gasteiger partial charge on any atom is 0.130 e. The molecule has 1 aromatic carbocycles. The van der Waals surface area contributed by atoms with Gasteiger partial charge >= 0.3 is 0 Å². The van der Waals surface area contributed by atoms with E-state index in [0.29, 0.717) is 0 Å². The van der Waals surface area contributed by atoms with Crippen molar-refractivity contribution in [2.75, 3.05) is 0 Å². The number of rotatable bonds is 3. The molecule has 1 rings (SSSR count). The summed E-state index contributed by atoms with van der Waals surface area (Å²) in [6.45, 7) is 10.4. The van der Waals surface area contributed by atoms with Crippen LogP contribution in [0.3, 0.4) is 0 Å².